The molecule has 0 spiro atoms. The SMILES string of the molecule is C/C=C1/NC(=O)[C@H](CC(N)=O)NC(=O)/C(=C\C)NC(=O)[C@H](C(C)C)NC(=O)[C@H](O)[C@@H]([C@@H](C)CCCCCCCCCC(=O)CC)NC(=O)[C@@H]2CCCN2C(=O)[C@H](CC(N)=O)N(C)C(=O)[C@H]([C@@H](C)O)NC(=O)[C@@H](C)NC(=O)[C@H](CC(N)=O)NC1=O. The number of likely N-dealkylation sites (N-methyl/N-ethyl adjacent to an activating group) is 1. The number of primary amides is 3. The first-order chi connectivity index (χ1) is 39.4. The number of ketones is 1. The van der Waals surface area contributed by atoms with E-state index in [1.54, 1.807) is 20.8 Å². The van der Waals surface area contributed by atoms with Crippen molar-refractivity contribution in [1.29, 1.82) is 0 Å². The molecule has 2 fully saturated rings. The van der Waals surface area contributed by atoms with Crippen molar-refractivity contribution < 1.29 is 77.3 Å². The molecule has 29 heteroatoms. The van der Waals surface area contributed by atoms with E-state index in [0.717, 1.165) is 81.4 Å². The summed E-state index contributed by atoms with van der Waals surface area (Å²) in [6.07, 6.45) is 3.22. The Balaban J connectivity index is 2.76. The van der Waals surface area contributed by atoms with Crippen molar-refractivity contribution in [1.82, 2.24) is 52.3 Å². The van der Waals surface area contributed by atoms with Crippen LogP contribution in [0.15, 0.2) is 23.5 Å². The molecule has 2 saturated heterocycles. The zero-order chi connectivity index (χ0) is 63.7. The van der Waals surface area contributed by atoms with Crippen molar-refractivity contribution in [3.63, 3.8) is 0 Å². The molecule has 16 N–H and O–H groups in total. The quantitative estimate of drug-likeness (QED) is 0.0425. The number of carbonyl (C=O) groups excluding carboxylic acids is 14. The highest BCUT2D eigenvalue weighted by molar-refractivity contribution is 6.05. The van der Waals surface area contributed by atoms with Gasteiger partial charge in [-0.2, -0.15) is 0 Å². The van der Waals surface area contributed by atoms with Crippen LogP contribution in [-0.2, 0) is 67.1 Å². The number of allylic oxidation sites excluding steroid dienone is 2. The lowest BCUT2D eigenvalue weighted by atomic mass is 9.90. The van der Waals surface area contributed by atoms with Crippen LogP contribution >= 0.6 is 0 Å². The molecule has 2 aliphatic rings. The van der Waals surface area contributed by atoms with Crippen LogP contribution in [0.25, 0.3) is 0 Å². The summed E-state index contributed by atoms with van der Waals surface area (Å²) in [5, 5.41) is 41.6. The second kappa shape index (κ2) is 35.3. The van der Waals surface area contributed by atoms with Crippen molar-refractivity contribution in [2.24, 2.45) is 29.0 Å². The fourth-order valence-electron chi connectivity index (χ4n) is 9.50. The van der Waals surface area contributed by atoms with Crippen molar-refractivity contribution in [3.05, 3.63) is 23.5 Å². The van der Waals surface area contributed by atoms with Crippen LogP contribution in [0, 0.1) is 11.8 Å². The molecule has 2 aliphatic heterocycles. The van der Waals surface area contributed by atoms with Gasteiger partial charge in [0.1, 0.15) is 59.5 Å². The first-order valence-corrected chi connectivity index (χ1v) is 28.5. The molecule has 29 nitrogen and oxygen atoms in total. The van der Waals surface area contributed by atoms with Gasteiger partial charge < -0.3 is 79.7 Å². The van der Waals surface area contributed by atoms with Gasteiger partial charge in [-0.3, -0.25) is 67.1 Å². The Bertz CT molecular complexity index is 2480. The third-order valence-corrected chi connectivity index (χ3v) is 14.6. The number of fused-ring (bicyclic) bond motifs is 1. The van der Waals surface area contributed by atoms with Crippen LogP contribution in [0.1, 0.15) is 152 Å². The lowest BCUT2D eigenvalue weighted by molar-refractivity contribution is -0.151. The molecule has 0 aliphatic carbocycles. The van der Waals surface area contributed by atoms with E-state index < -0.39 is 180 Å². The van der Waals surface area contributed by atoms with Crippen molar-refractivity contribution in [3.8, 4) is 0 Å². The first-order valence-electron chi connectivity index (χ1n) is 28.5. The molecule has 0 radical (unpaired) electrons. The molecule has 2 rings (SSSR count). The van der Waals surface area contributed by atoms with E-state index in [4.69, 9.17) is 17.2 Å². The summed E-state index contributed by atoms with van der Waals surface area (Å²) in [4.78, 5) is 190. The van der Waals surface area contributed by atoms with E-state index in [2.05, 4.69) is 42.5 Å². The molecule has 0 bridgehead atoms. The lowest BCUT2D eigenvalue weighted by Gasteiger charge is -2.36. The number of aliphatic hydroxyl groups is 2. The normalized spacial score (nSPS) is 26.3. The fraction of sp³-hybridized carbons (Fsp3) is 0.673. The average molecular weight is 1190 g/mol. The van der Waals surface area contributed by atoms with Gasteiger partial charge in [0.15, 0.2) is 6.10 Å². The number of hydrogen-bond donors (Lipinski definition) is 13. The number of Topliss-reactive ketones (excluding diaryl/α,β-unsaturated/α-hetero) is 1. The summed E-state index contributed by atoms with van der Waals surface area (Å²) < 4.78 is 0. The van der Waals surface area contributed by atoms with E-state index in [1.807, 2.05) is 6.92 Å². The van der Waals surface area contributed by atoms with Gasteiger partial charge in [0, 0.05) is 26.4 Å². The maximum atomic E-state index is 14.6. The van der Waals surface area contributed by atoms with Crippen LogP contribution in [0.3, 0.4) is 0 Å². The minimum atomic E-state index is -2.05. The number of unbranched alkanes of at least 4 members (excludes halogenated alkanes) is 6. The van der Waals surface area contributed by atoms with Gasteiger partial charge in [-0.1, -0.05) is 78.4 Å². The number of nitrogens with one attached hydrogen (secondary N) is 8. The smallest absolute Gasteiger partial charge is 0.268 e. The molecule has 0 aromatic rings. The fourth-order valence-corrected chi connectivity index (χ4v) is 9.50. The first kappa shape index (κ1) is 72.3. The molecule has 470 valence electrons. The van der Waals surface area contributed by atoms with Crippen LogP contribution < -0.4 is 59.7 Å². The lowest BCUT2D eigenvalue weighted by Crippen LogP contribution is -2.62. The Labute approximate surface area is 489 Å². The Morgan fingerprint density at radius 1 is 0.619 bits per heavy atom. The number of rotatable bonds is 20. The van der Waals surface area contributed by atoms with Crippen LogP contribution in [0.2, 0.25) is 0 Å². The molecule has 0 unspecified atom stereocenters. The van der Waals surface area contributed by atoms with Gasteiger partial charge in [-0.25, -0.2) is 0 Å². The van der Waals surface area contributed by atoms with Gasteiger partial charge in [0.25, 0.3) is 17.7 Å². The highest BCUT2D eigenvalue weighted by atomic mass is 16.3. The van der Waals surface area contributed by atoms with Gasteiger partial charge in [-0.05, 0) is 65.2 Å². The number of hydrogen-bond acceptors (Lipinski definition) is 16. The molecule has 0 aromatic heterocycles. The number of aliphatic hydroxyl groups excluding tert-OH is 2. The highest BCUT2D eigenvalue weighted by Crippen LogP contribution is 2.24. The zero-order valence-electron chi connectivity index (χ0n) is 49.6. The zero-order valence-corrected chi connectivity index (χ0v) is 49.6. The molecular weight excluding hydrogens is 1100 g/mol. The van der Waals surface area contributed by atoms with E-state index >= 15 is 0 Å². The molecule has 84 heavy (non-hydrogen) atoms. The summed E-state index contributed by atoms with van der Waals surface area (Å²) >= 11 is 0. The summed E-state index contributed by atoms with van der Waals surface area (Å²) in [6, 6.07) is -13.1. The van der Waals surface area contributed by atoms with Crippen molar-refractivity contribution in [2.75, 3.05) is 13.6 Å². The Morgan fingerprint density at radius 3 is 1.62 bits per heavy atom. The molecular formula is C55H89N13O16. The van der Waals surface area contributed by atoms with E-state index in [9.17, 15) is 77.3 Å². The minimum Gasteiger partial charge on any atom is -0.391 e. The number of nitrogens with zero attached hydrogens (tertiary/aromatic N) is 2. The Kier molecular flexibility index (Phi) is 30.4. The number of carbonyl (C=O) groups is 14. The summed E-state index contributed by atoms with van der Waals surface area (Å²) in [7, 11) is 1.09. The van der Waals surface area contributed by atoms with Gasteiger partial charge in [0.05, 0.1) is 31.4 Å². The van der Waals surface area contributed by atoms with Gasteiger partial charge in [0.2, 0.25) is 59.1 Å². The van der Waals surface area contributed by atoms with Crippen molar-refractivity contribution >= 4 is 82.6 Å². The maximum absolute atomic E-state index is 14.6. The Hall–Kier alpha value is -7.82. The average Bonchev–Trinajstić information content (AvgIpc) is 4.06. The summed E-state index contributed by atoms with van der Waals surface area (Å²) in [5.74, 6) is -15.4. The van der Waals surface area contributed by atoms with E-state index in [-0.39, 0.29) is 25.2 Å². The number of nitrogens with two attached hydrogens (primary N) is 3. The van der Waals surface area contributed by atoms with Crippen LogP contribution in [0.5, 0.6) is 0 Å². The van der Waals surface area contributed by atoms with Crippen LogP contribution in [0.4, 0.5) is 0 Å². The molecule has 2 heterocycles. The standard InChI is InChI=1S/C55H89N13O16/c1-10-32(70)22-19-17-15-13-14-16-18-21-29(6)43-45(74)53(82)64-42(28(4)5)52(81)61-34(12-3)48(77)63-36(26-40(57)72)50(79)60-33(11-2)47(76)62-35(25-39(56)71)49(78)59-30(7)46(75)66-44(31(8)69)55(84)67(9)38(27-41(58)73)54(83)68-24-20-23-37(68)51(80)65-43/h11-12,28-31,35-38,42-45,69,74H,10,13-27H2,1-9H3,(H2,56,71)(H2,57,72)(H2,58,73)(H,59,78)(H,60,79)(H,61,81)(H,62,76)(H,63,77)(H,64,82)(H,65,80)(H,66,75)/b33-11+,34-12+/t29-,30+,31+,35-,36-,37-,38-,42-,43+,44-,45+/m0/s1. The summed E-state index contributed by atoms with van der Waals surface area (Å²) in [6.45, 7) is 11.4. The minimum absolute atomic E-state index is 0.0370. The third-order valence-electron chi connectivity index (χ3n) is 14.6. The highest BCUT2D eigenvalue weighted by Gasteiger charge is 2.44. The second-order valence-electron chi connectivity index (χ2n) is 21.7. The molecule has 11 atom stereocenters. The maximum Gasteiger partial charge on any atom is 0.268 e. The van der Waals surface area contributed by atoms with Crippen LogP contribution in [-0.4, -0.2) is 177 Å². The van der Waals surface area contributed by atoms with Gasteiger partial charge in [-0.15, -0.1) is 0 Å². The van der Waals surface area contributed by atoms with Gasteiger partial charge >= 0.3 is 0 Å². The van der Waals surface area contributed by atoms with E-state index in [0.29, 0.717) is 25.7 Å². The van der Waals surface area contributed by atoms with Crippen molar-refractivity contribution in [2.45, 2.75) is 212 Å². The topological polar surface area (TPSA) is 460 Å². The predicted octanol–water partition coefficient (Wildman–Crippen LogP) is -3.06. The molecule has 0 aromatic carbocycles. The predicted molar refractivity (Wildman–Crippen MR) is 302 cm³/mol. The molecule has 13 amide bonds. The monoisotopic (exact) mass is 1190 g/mol. The van der Waals surface area contributed by atoms with E-state index in [1.165, 1.54) is 13.8 Å². The largest absolute Gasteiger partial charge is 0.391 e. The second-order valence-corrected chi connectivity index (χ2v) is 21.7. The number of amides is 13. The summed E-state index contributed by atoms with van der Waals surface area (Å²) in [5.41, 5.74) is 15.3. The Morgan fingerprint density at radius 2 is 1.12 bits per heavy atom. The third kappa shape index (κ3) is 22.7. The molecule has 0 saturated carbocycles.